The molecular formula is C25H22FNO3. The van der Waals surface area contributed by atoms with E-state index in [1.165, 1.54) is 12.1 Å². The molecule has 2 aliphatic rings. The van der Waals surface area contributed by atoms with Gasteiger partial charge in [-0.05, 0) is 48.1 Å². The fourth-order valence-electron chi connectivity index (χ4n) is 4.14. The Morgan fingerprint density at radius 2 is 1.90 bits per heavy atom. The van der Waals surface area contributed by atoms with Crippen LogP contribution in [0, 0.1) is 11.7 Å². The lowest BCUT2D eigenvalue weighted by Crippen LogP contribution is -2.33. The molecule has 4 nitrogen and oxygen atoms in total. The third kappa shape index (κ3) is 3.73. The molecule has 1 aliphatic heterocycles. The van der Waals surface area contributed by atoms with Crippen LogP contribution in [0.2, 0.25) is 0 Å². The number of carbonyl (C=O) groups excluding carboxylic acids is 1. The summed E-state index contributed by atoms with van der Waals surface area (Å²) in [5.41, 5.74) is 4.38. The van der Waals surface area contributed by atoms with Crippen LogP contribution in [0.25, 0.3) is 27.6 Å². The van der Waals surface area contributed by atoms with Crippen LogP contribution in [-0.4, -0.2) is 28.3 Å². The van der Waals surface area contributed by atoms with E-state index >= 15 is 0 Å². The van der Waals surface area contributed by atoms with Gasteiger partial charge in [0.05, 0.1) is 18.0 Å². The highest BCUT2D eigenvalue weighted by molar-refractivity contribution is 6.00. The molecular weight excluding hydrogens is 381 g/mol. The van der Waals surface area contributed by atoms with Gasteiger partial charge in [-0.2, -0.15) is 0 Å². The molecule has 30 heavy (non-hydrogen) atoms. The van der Waals surface area contributed by atoms with E-state index in [1.807, 2.05) is 30.5 Å². The van der Waals surface area contributed by atoms with Gasteiger partial charge in [0.1, 0.15) is 11.9 Å². The number of halogens is 1. The van der Waals surface area contributed by atoms with Gasteiger partial charge in [0.15, 0.2) is 0 Å². The minimum Gasteiger partial charge on any atom is -0.457 e. The van der Waals surface area contributed by atoms with Gasteiger partial charge < -0.3 is 9.84 Å². The van der Waals surface area contributed by atoms with Crippen molar-refractivity contribution in [2.45, 2.75) is 37.9 Å². The summed E-state index contributed by atoms with van der Waals surface area (Å²) in [5.74, 6) is -0.250. The summed E-state index contributed by atoms with van der Waals surface area (Å²) in [6, 6.07) is 14.3. The first-order valence-electron chi connectivity index (χ1n) is 10.3. The Labute approximate surface area is 174 Å². The van der Waals surface area contributed by atoms with Crippen molar-refractivity contribution in [3.05, 3.63) is 72.2 Å². The predicted octanol–water partition coefficient (Wildman–Crippen LogP) is 4.90. The van der Waals surface area contributed by atoms with E-state index in [1.54, 1.807) is 12.1 Å². The minimum absolute atomic E-state index is 0.0218. The summed E-state index contributed by atoms with van der Waals surface area (Å²) < 4.78 is 19.3. The molecule has 5 rings (SSSR count). The number of esters is 1. The fourth-order valence-corrected chi connectivity index (χ4v) is 4.14. The van der Waals surface area contributed by atoms with Crippen molar-refractivity contribution in [3.63, 3.8) is 0 Å². The maximum Gasteiger partial charge on any atom is 0.309 e. The number of aliphatic hydroxyl groups is 1. The molecule has 2 unspecified atom stereocenters. The number of ether oxygens (including phenoxy) is 1. The molecule has 1 saturated carbocycles. The zero-order chi connectivity index (χ0) is 20.7. The number of aromatic nitrogens is 1. The summed E-state index contributed by atoms with van der Waals surface area (Å²) in [7, 11) is 0. The van der Waals surface area contributed by atoms with Gasteiger partial charge in [-0.1, -0.05) is 36.4 Å². The Kier molecular flexibility index (Phi) is 4.83. The third-order valence-electron chi connectivity index (χ3n) is 5.77. The summed E-state index contributed by atoms with van der Waals surface area (Å²) >= 11 is 0. The van der Waals surface area contributed by atoms with Crippen molar-refractivity contribution in [1.82, 2.24) is 4.98 Å². The molecule has 5 heteroatoms. The lowest BCUT2D eigenvalue weighted by atomic mass is 9.87. The first kappa shape index (κ1) is 18.9. The van der Waals surface area contributed by atoms with E-state index in [9.17, 15) is 14.3 Å². The van der Waals surface area contributed by atoms with Crippen molar-refractivity contribution in [3.8, 4) is 11.1 Å². The average molecular weight is 403 g/mol. The van der Waals surface area contributed by atoms with Crippen molar-refractivity contribution in [2.24, 2.45) is 5.92 Å². The highest BCUT2D eigenvalue weighted by atomic mass is 19.1. The molecule has 2 aromatic carbocycles. The molecule has 1 saturated heterocycles. The Balaban J connectivity index is 1.72. The molecule has 3 aromatic rings. The van der Waals surface area contributed by atoms with Crippen molar-refractivity contribution in [2.75, 3.05) is 0 Å². The fraction of sp³-hybridized carbons (Fsp3) is 0.280. The Hall–Kier alpha value is -3.05. The van der Waals surface area contributed by atoms with Crippen LogP contribution in [0.3, 0.4) is 0 Å². The second-order valence-corrected chi connectivity index (χ2v) is 8.10. The van der Waals surface area contributed by atoms with Crippen LogP contribution in [0.1, 0.15) is 31.2 Å². The molecule has 1 aromatic heterocycles. The van der Waals surface area contributed by atoms with Gasteiger partial charge in [-0.25, -0.2) is 4.39 Å². The number of cyclic esters (lactones) is 1. The maximum atomic E-state index is 13.6. The Morgan fingerprint density at radius 3 is 2.63 bits per heavy atom. The van der Waals surface area contributed by atoms with Crippen molar-refractivity contribution < 1.29 is 19.0 Å². The van der Waals surface area contributed by atoms with Crippen LogP contribution in [-0.2, 0) is 9.53 Å². The highest BCUT2D eigenvalue weighted by Gasteiger charge is 2.33. The van der Waals surface area contributed by atoms with Gasteiger partial charge in [0.2, 0.25) is 0 Å². The quantitative estimate of drug-likeness (QED) is 0.630. The van der Waals surface area contributed by atoms with Crippen LogP contribution < -0.4 is 0 Å². The lowest BCUT2D eigenvalue weighted by molar-refractivity contribution is -0.155. The molecule has 0 radical (unpaired) electrons. The van der Waals surface area contributed by atoms with E-state index in [-0.39, 0.29) is 12.2 Å². The SMILES string of the molecule is O=C1CC(O)CC(C(=CC2CC2)c2cnc3ccccc3c2-c2ccc(F)cc2)O1. The standard InChI is InChI=1S/C25H22FNO3/c26-17-9-7-16(8-10-17)25-19-3-1-2-4-22(19)27-14-21(25)20(11-15-5-6-15)23-12-18(28)13-24(29)30-23/h1-4,7-11,14-15,18,23,28H,5-6,12-13H2. The van der Waals surface area contributed by atoms with Crippen molar-refractivity contribution >= 4 is 22.4 Å². The summed E-state index contributed by atoms with van der Waals surface area (Å²) in [4.78, 5) is 16.7. The van der Waals surface area contributed by atoms with E-state index in [4.69, 9.17) is 4.74 Å². The number of hydrogen-bond donors (Lipinski definition) is 1. The normalized spacial score (nSPS) is 22.2. The first-order valence-corrected chi connectivity index (χ1v) is 10.3. The number of carbonyl (C=O) groups is 1. The largest absolute Gasteiger partial charge is 0.457 e. The summed E-state index contributed by atoms with van der Waals surface area (Å²) in [5, 5.41) is 11.1. The molecule has 2 atom stereocenters. The number of para-hydroxylation sites is 1. The molecule has 2 fully saturated rings. The van der Waals surface area contributed by atoms with Crippen LogP contribution in [0.15, 0.2) is 60.8 Å². The highest BCUT2D eigenvalue weighted by Crippen LogP contribution is 2.42. The number of hydrogen-bond acceptors (Lipinski definition) is 4. The number of nitrogens with zero attached hydrogens (tertiary/aromatic N) is 1. The Morgan fingerprint density at radius 1 is 1.13 bits per heavy atom. The first-order chi connectivity index (χ1) is 14.6. The van der Waals surface area contributed by atoms with E-state index < -0.39 is 18.2 Å². The van der Waals surface area contributed by atoms with Gasteiger partial charge in [0, 0.05) is 29.1 Å². The molecule has 1 N–H and O–H groups in total. The Bertz CT molecular complexity index is 1130. The van der Waals surface area contributed by atoms with Gasteiger partial charge in [0.25, 0.3) is 0 Å². The molecule has 0 spiro atoms. The monoisotopic (exact) mass is 403 g/mol. The lowest BCUT2D eigenvalue weighted by Gasteiger charge is -2.29. The zero-order valence-electron chi connectivity index (χ0n) is 16.4. The van der Waals surface area contributed by atoms with E-state index in [0.29, 0.717) is 12.3 Å². The number of benzene rings is 2. The van der Waals surface area contributed by atoms with Gasteiger partial charge in [-0.3, -0.25) is 9.78 Å². The van der Waals surface area contributed by atoms with Crippen LogP contribution in [0.4, 0.5) is 4.39 Å². The molecule has 0 bridgehead atoms. The summed E-state index contributed by atoms with van der Waals surface area (Å²) in [6.45, 7) is 0. The predicted molar refractivity (Wildman–Crippen MR) is 113 cm³/mol. The molecule has 1 aliphatic carbocycles. The van der Waals surface area contributed by atoms with Crippen LogP contribution >= 0.6 is 0 Å². The second-order valence-electron chi connectivity index (χ2n) is 8.10. The maximum absolute atomic E-state index is 13.6. The van der Waals surface area contributed by atoms with Crippen LogP contribution in [0.5, 0.6) is 0 Å². The number of pyridine rings is 1. The van der Waals surface area contributed by atoms with Gasteiger partial charge in [-0.15, -0.1) is 0 Å². The smallest absolute Gasteiger partial charge is 0.309 e. The third-order valence-corrected chi connectivity index (χ3v) is 5.77. The summed E-state index contributed by atoms with van der Waals surface area (Å²) in [6.07, 6.45) is 5.30. The average Bonchev–Trinajstić information content (AvgIpc) is 3.56. The molecule has 0 amide bonds. The van der Waals surface area contributed by atoms with E-state index in [0.717, 1.165) is 46.0 Å². The topological polar surface area (TPSA) is 59.4 Å². The number of allylic oxidation sites excluding steroid dienone is 1. The minimum atomic E-state index is -0.721. The number of fused-ring (bicyclic) bond motifs is 1. The molecule has 152 valence electrons. The van der Waals surface area contributed by atoms with Crippen molar-refractivity contribution in [1.29, 1.82) is 0 Å². The van der Waals surface area contributed by atoms with Gasteiger partial charge >= 0.3 is 5.97 Å². The molecule has 2 heterocycles. The number of rotatable bonds is 4. The second kappa shape index (κ2) is 7.65. The number of aliphatic hydroxyl groups excluding tert-OH is 1. The zero-order valence-corrected chi connectivity index (χ0v) is 16.4. The van der Waals surface area contributed by atoms with E-state index in [2.05, 4.69) is 11.1 Å².